The Kier molecular flexibility index (Phi) is 6.56. The maximum atomic E-state index is 12.8. The quantitative estimate of drug-likeness (QED) is 0.496. The zero-order valence-electron chi connectivity index (χ0n) is 15.6. The lowest BCUT2D eigenvalue weighted by Crippen LogP contribution is -2.15. The van der Waals surface area contributed by atoms with Gasteiger partial charge in [-0.25, -0.2) is 13.4 Å². The fraction of sp³-hybridized carbons (Fsp3) is 0.158. The second kappa shape index (κ2) is 8.93. The van der Waals surface area contributed by atoms with Crippen LogP contribution in [0, 0.1) is 6.92 Å². The molecule has 3 rings (SSSR count). The second-order valence-corrected chi connectivity index (χ2v) is 9.52. The summed E-state index contributed by atoms with van der Waals surface area (Å²) in [4.78, 5) is 16.4. The summed E-state index contributed by atoms with van der Waals surface area (Å²) in [5.74, 6) is 0.227. The maximum Gasteiger partial charge on any atom is 0.275 e. The minimum atomic E-state index is -3.85. The number of carbonyl (C=O) groups is 1. The van der Waals surface area contributed by atoms with Crippen LogP contribution in [0.25, 0.3) is 0 Å². The van der Waals surface area contributed by atoms with E-state index in [1.54, 1.807) is 42.6 Å². The lowest BCUT2D eigenvalue weighted by atomic mass is 10.3. The van der Waals surface area contributed by atoms with E-state index in [9.17, 15) is 13.2 Å². The van der Waals surface area contributed by atoms with Gasteiger partial charge >= 0.3 is 0 Å². The van der Waals surface area contributed by atoms with E-state index in [2.05, 4.69) is 31.0 Å². The molecule has 7 nitrogen and oxygen atoms in total. The summed E-state index contributed by atoms with van der Waals surface area (Å²) in [6, 6.07) is 10.9. The predicted octanol–water partition coefficient (Wildman–Crippen LogP) is 4.67. The van der Waals surface area contributed by atoms with E-state index >= 15 is 0 Å². The molecule has 2 aromatic carbocycles. The fourth-order valence-corrected chi connectivity index (χ4v) is 4.64. The number of anilines is 2. The van der Waals surface area contributed by atoms with Crippen molar-refractivity contribution in [3.05, 3.63) is 63.0 Å². The minimum Gasteiger partial charge on any atom is -0.493 e. The molecule has 0 aliphatic carbocycles. The summed E-state index contributed by atoms with van der Waals surface area (Å²) in [6.45, 7) is 4.17. The van der Waals surface area contributed by atoms with E-state index in [4.69, 9.17) is 4.74 Å². The molecule has 29 heavy (non-hydrogen) atoms. The first-order valence-electron chi connectivity index (χ1n) is 8.57. The van der Waals surface area contributed by atoms with E-state index in [0.29, 0.717) is 28.2 Å². The number of nitrogens with zero attached hydrogens (tertiary/aromatic N) is 1. The minimum absolute atomic E-state index is 0.0229. The van der Waals surface area contributed by atoms with Gasteiger partial charge in [-0.1, -0.05) is 6.07 Å². The van der Waals surface area contributed by atoms with Gasteiger partial charge < -0.3 is 10.1 Å². The van der Waals surface area contributed by atoms with Crippen LogP contribution in [-0.2, 0) is 10.0 Å². The molecule has 2 N–H and O–H groups in total. The number of aryl methyl sites for hydroxylation is 1. The van der Waals surface area contributed by atoms with Gasteiger partial charge in [0, 0.05) is 11.1 Å². The second-order valence-electron chi connectivity index (χ2n) is 5.92. The van der Waals surface area contributed by atoms with Crippen LogP contribution in [-0.4, -0.2) is 25.9 Å². The van der Waals surface area contributed by atoms with Crippen molar-refractivity contribution in [1.29, 1.82) is 0 Å². The molecular formula is C19H18BrN3O4S2. The van der Waals surface area contributed by atoms with E-state index in [1.807, 2.05) is 6.92 Å². The Labute approximate surface area is 181 Å². The normalized spacial score (nSPS) is 11.1. The van der Waals surface area contributed by atoms with Crippen LogP contribution in [0.2, 0.25) is 0 Å². The van der Waals surface area contributed by atoms with Gasteiger partial charge in [0.15, 0.2) is 0 Å². The zero-order valence-corrected chi connectivity index (χ0v) is 18.8. The molecule has 0 aliphatic heterocycles. The Morgan fingerprint density at radius 3 is 2.66 bits per heavy atom. The van der Waals surface area contributed by atoms with Crippen LogP contribution < -0.4 is 14.8 Å². The molecule has 0 aliphatic rings. The van der Waals surface area contributed by atoms with Gasteiger partial charge in [0.1, 0.15) is 11.4 Å². The van der Waals surface area contributed by atoms with E-state index in [0.717, 1.165) is 5.01 Å². The number of rotatable bonds is 7. The van der Waals surface area contributed by atoms with Crippen LogP contribution in [0.4, 0.5) is 11.4 Å². The number of ether oxygens (including phenoxy) is 1. The third kappa shape index (κ3) is 5.34. The van der Waals surface area contributed by atoms with Gasteiger partial charge in [0.25, 0.3) is 15.9 Å². The first kappa shape index (κ1) is 21.3. The summed E-state index contributed by atoms with van der Waals surface area (Å²) < 4.78 is 34.1. The topological polar surface area (TPSA) is 97.4 Å². The molecule has 0 atom stereocenters. The number of hydrogen-bond donors (Lipinski definition) is 2. The highest BCUT2D eigenvalue weighted by Gasteiger charge is 2.17. The SMILES string of the molecule is CCOc1ccc(NS(=O)(=O)c2cccc(NC(=O)c3csc(C)n3)c2)cc1Br. The third-order valence-electron chi connectivity index (χ3n) is 3.74. The molecule has 0 radical (unpaired) electrons. The number of nitrogens with one attached hydrogen (secondary N) is 2. The van der Waals surface area contributed by atoms with Crippen LogP contribution in [0.3, 0.4) is 0 Å². The number of benzene rings is 2. The van der Waals surface area contributed by atoms with Gasteiger partial charge in [-0.05, 0) is 66.2 Å². The molecule has 0 fully saturated rings. The van der Waals surface area contributed by atoms with Crippen LogP contribution in [0.1, 0.15) is 22.4 Å². The summed E-state index contributed by atoms with van der Waals surface area (Å²) in [7, 11) is -3.85. The molecule has 0 bridgehead atoms. The van der Waals surface area contributed by atoms with Gasteiger partial charge in [-0.15, -0.1) is 11.3 Å². The van der Waals surface area contributed by atoms with Crippen molar-refractivity contribution in [2.45, 2.75) is 18.7 Å². The number of thiazole rings is 1. The number of sulfonamides is 1. The summed E-state index contributed by atoms with van der Waals surface area (Å²) in [5, 5.41) is 5.09. The van der Waals surface area contributed by atoms with Crippen molar-refractivity contribution in [3.63, 3.8) is 0 Å². The Morgan fingerprint density at radius 2 is 2.00 bits per heavy atom. The van der Waals surface area contributed by atoms with Gasteiger partial charge in [-0.2, -0.15) is 0 Å². The van der Waals surface area contributed by atoms with Gasteiger partial charge in [-0.3, -0.25) is 9.52 Å². The highest BCUT2D eigenvalue weighted by Crippen LogP contribution is 2.29. The molecule has 0 saturated carbocycles. The molecule has 0 spiro atoms. The molecule has 3 aromatic rings. The van der Waals surface area contributed by atoms with Crippen molar-refractivity contribution in [1.82, 2.24) is 4.98 Å². The smallest absolute Gasteiger partial charge is 0.275 e. The molecule has 1 heterocycles. The average Bonchev–Trinajstić information content (AvgIpc) is 3.11. The highest BCUT2D eigenvalue weighted by atomic mass is 79.9. The standard InChI is InChI=1S/C19H18BrN3O4S2/c1-3-27-18-8-7-14(10-16(18)20)23-29(25,26)15-6-4-5-13(9-15)22-19(24)17-11-28-12(2)21-17/h4-11,23H,3H2,1-2H3,(H,22,24). The van der Waals surface area contributed by atoms with Crippen molar-refractivity contribution in [2.75, 3.05) is 16.6 Å². The largest absolute Gasteiger partial charge is 0.493 e. The molecule has 1 amide bonds. The number of halogens is 1. The average molecular weight is 496 g/mol. The predicted molar refractivity (Wildman–Crippen MR) is 117 cm³/mol. The zero-order chi connectivity index (χ0) is 21.0. The fourth-order valence-electron chi connectivity index (χ4n) is 2.45. The Hall–Kier alpha value is -2.43. The molecule has 10 heteroatoms. The number of hydrogen-bond acceptors (Lipinski definition) is 6. The summed E-state index contributed by atoms with van der Waals surface area (Å²) >= 11 is 4.73. The van der Waals surface area contributed by atoms with E-state index < -0.39 is 15.9 Å². The summed E-state index contributed by atoms with van der Waals surface area (Å²) in [5.41, 5.74) is 1.03. The first-order chi connectivity index (χ1) is 13.8. The molecule has 1 aromatic heterocycles. The Balaban J connectivity index is 1.78. The lowest BCUT2D eigenvalue weighted by Gasteiger charge is -2.12. The van der Waals surface area contributed by atoms with E-state index in [1.165, 1.54) is 23.5 Å². The molecule has 0 unspecified atom stereocenters. The molecule has 0 saturated heterocycles. The molecular weight excluding hydrogens is 478 g/mol. The van der Waals surface area contributed by atoms with Crippen molar-refractivity contribution in [3.8, 4) is 5.75 Å². The van der Waals surface area contributed by atoms with Gasteiger partial charge in [0.05, 0.1) is 26.7 Å². The lowest BCUT2D eigenvalue weighted by molar-refractivity contribution is 0.102. The van der Waals surface area contributed by atoms with Crippen LogP contribution >= 0.6 is 27.3 Å². The maximum absolute atomic E-state index is 12.8. The highest BCUT2D eigenvalue weighted by molar-refractivity contribution is 9.10. The Morgan fingerprint density at radius 1 is 1.21 bits per heavy atom. The Bertz CT molecular complexity index is 1150. The van der Waals surface area contributed by atoms with Crippen LogP contribution in [0.15, 0.2) is 57.2 Å². The van der Waals surface area contributed by atoms with Gasteiger partial charge in [0.2, 0.25) is 0 Å². The van der Waals surface area contributed by atoms with Crippen molar-refractivity contribution in [2.24, 2.45) is 0 Å². The molecule has 152 valence electrons. The third-order valence-corrected chi connectivity index (χ3v) is 6.51. The summed E-state index contributed by atoms with van der Waals surface area (Å²) in [6.07, 6.45) is 0. The van der Waals surface area contributed by atoms with Crippen molar-refractivity contribution >= 4 is 54.6 Å². The van der Waals surface area contributed by atoms with Crippen molar-refractivity contribution < 1.29 is 17.9 Å². The number of amides is 1. The van der Waals surface area contributed by atoms with E-state index in [-0.39, 0.29) is 10.6 Å². The van der Waals surface area contributed by atoms with Crippen LogP contribution in [0.5, 0.6) is 5.75 Å². The monoisotopic (exact) mass is 495 g/mol. The number of aromatic nitrogens is 1. The number of carbonyl (C=O) groups excluding carboxylic acids is 1. The first-order valence-corrected chi connectivity index (χ1v) is 11.7.